The summed E-state index contributed by atoms with van der Waals surface area (Å²) in [4.78, 5) is 12.6. The molecule has 0 bridgehead atoms. The molecule has 0 saturated carbocycles. The fourth-order valence-electron chi connectivity index (χ4n) is 4.06. The summed E-state index contributed by atoms with van der Waals surface area (Å²) in [6, 6.07) is 21.9. The molecule has 0 spiro atoms. The molecule has 3 heterocycles. The Bertz CT molecular complexity index is 1590. The van der Waals surface area contributed by atoms with Crippen LogP contribution in [0.25, 0.3) is 50.0 Å². The number of carbonyl (C=O) groups excluding carboxylic acids is 1. The van der Waals surface area contributed by atoms with Crippen LogP contribution in [-0.2, 0) is 0 Å². The maximum Gasteiger partial charge on any atom is 0.276 e. The first-order valence-corrected chi connectivity index (χ1v) is 9.24. The fraction of sp³-hybridized carbons (Fsp3) is 0.0455. The van der Waals surface area contributed by atoms with Crippen LogP contribution in [-0.4, -0.2) is 35.3 Å². The number of benzene rings is 3. The molecule has 0 atom stereocenters. The summed E-state index contributed by atoms with van der Waals surface area (Å²) in [5.41, 5.74) is 2.97. The second kappa shape index (κ2) is 5.68. The van der Waals surface area contributed by atoms with Gasteiger partial charge in [-0.25, -0.2) is 4.40 Å². The summed E-state index contributed by atoms with van der Waals surface area (Å²) in [6.45, 7) is 1.54. The van der Waals surface area contributed by atoms with Crippen LogP contribution in [0.2, 0.25) is 0 Å². The fourth-order valence-corrected chi connectivity index (χ4v) is 4.06. The Hall–Kier alpha value is -4.13. The van der Waals surface area contributed by atoms with Crippen molar-refractivity contribution in [2.45, 2.75) is 6.92 Å². The first-order chi connectivity index (χ1) is 14.2. The van der Waals surface area contributed by atoms with Gasteiger partial charge in [0.15, 0.2) is 11.5 Å². The average molecular weight is 378 g/mol. The molecule has 0 radical (unpaired) electrons. The molecule has 0 unspecified atom stereocenters. The predicted molar refractivity (Wildman–Crippen MR) is 111 cm³/mol. The molecule has 0 aliphatic carbocycles. The van der Waals surface area contributed by atoms with Crippen LogP contribution in [0.4, 0.5) is 0 Å². The van der Waals surface area contributed by atoms with E-state index < -0.39 is 0 Å². The number of hydrogen-bond donors (Lipinski definition) is 0. The molecular formula is C22H14N6O. The lowest BCUT2D eigenvalue weighted by Gasteiger charge is -2.07. The SMILES string of the molecule is CC(=O)n1c2ccccc2c2nnc3nnc(-c4cccc5ccccc45)n3c21. The Balaban J connectivity index is 1.85. The van der Waals surface area contributed by atoms with E-state index in [1.807, 2.05) is 52.9 Å². The summed E-state index contributed by atoms with van der Waals surface area (Å²) in [5, 5.41) is 20.3. The lowest BCUT2D eigenvalue weighted by Crippen LogP contribution is -2.09. The van der Waals surface area contributed by atoms with Crippen molar-refractivity contribution < 1.29 is 4.79 Å². The monoisotopic (exact) mass is 378 g/mol. The third-order valence-electron chi connectivity index (χ3n) is 5.27. The summed E-state index contributed by atoms with van der Waals surface area (Å²) < 4.78 is 3.48. The first kappa shape index (κ1) is 15.9. The third-order valence-corrected chi connectivity index (χ3v) is 5.27. The Morgan fingerprint density at radius 3 is 2.38 bits per heavy atom. The number of para-hydroxylation sites is 1. The zero-order valence-corrected chi connectivity index (χ0v) is 15.4. The molecule has 6 rings (SSSR count). The van der Waals surface area contributed by atoms with E-state index in [1.54, 1.807) is 11.5 Å². The number of carbonyl (C=O) groups is 1. The minimum atomic E-state index is -0.108. The van der Waals surface area contributed by atoms with Gasteiger partial charge in [0.25, 0.3) is 5.78 Å². The van der Waals surface area contributed by atoms with Gasteiger partial charge in [-0.2, -0.15) is 0 Å². The van der Waals surface area contributed by atoms with Gasteiger partial charge in [0, 0.05) is 17.9 Å². The van der Waals surface area contributed by atoms with E-state index in [1.165, 1.54) is 0 Å². The maximum absolute atomic E-state index is 12.6. The average Bonchev–Trinajstić information content (AvgIpc) is 3.32. The Morgan fingerprint density at radius 2 is 1.52 bits per heavy atom. The van der Waals surface area contributed by atoms with Crippen LogP contribution < -0.4 is 0 Å². The largest absolute Gasteiger partial charge is 0.276 e. The molecule has 0 aliphatic heterocycles. The van der Waals surface area contributed by atoms with Crippen molar-refractivity contribution in [1.82, 2.24) is 29.4 Å². The van der Waals surface area contributed by atoms with E-state index in [4.69, 9.17) is 0 Å². The van der Waals surface area contributed by atoms with Gasteiger partial charge < -0.3 is 0 Å². The topological polar surface area (TPSA) is 78.0 Å². The molecule has 138 valence electrons. The molecule has 7 nitrogen and oxygen atoms in total. The zero-order chi connectivity index (χ0) is 19.5. The summed E-state index contributed by atoms with van der Waals surface area (Å²) in [5.74, 6) is 0.871. The van der Waals surface area contributed by atoms with Gasteiger partial charge in [-0.05, 0) is 16.8 Å². The van der Waals surface area contributed by atoms with Gasteiger partial charge in [0.1, 0.15) is 5.52 Å². The van der Waals surface area contributed by atoms with E-state index in [9.17, 15) is 4.79 Å². The number of nitrogens with zero attached hydrogens (tertiary/aromatic N) is 6. The van der Waals surface area contributed by atoms with Gasteiger partial charge in [-0.3, -0.25) is 9.36 Å². The standard InChI is InChI=1S/C22H14N6O/c1-13(29)27-18-12-5-4-10-17(18)19-21(27)28-20(24-26-22(28)25-23-19)16-11-6-8-14-7-2-3-9-15(14)16/h2-12H,1H3. The number of aromatic nitrogens is 6. The summed E-state index contributed by atoms with van der Waals surface area (Å²) in [7, 11) is 0. The molecule has 7 heteroatoms. The van der Waals surface area contributed by atoms with Gasteiger partial charge >= 0.3 is 0 Å². The van der Waals surface area contributed by atoms with Crippen molar-refractivity contribution >= 4 is 44.5 Å². The molecular weight excluding hydrogens is 364 g/mol. The van der Waals surface area contributed by atoms with Crippen LogP contribution in [0.5, 0.6) is 0 Å². The van der Waals surface area contributed by atoms with Crippen molar-refractivity contribution in [3.8, 4) is 11.4 Å². The number of rotatable bonds is 1. The van der Waals surface area contributed by atoms with Crippen molar-refractivity contribution in [1.29, 1.82) is 0 Å². The molecule has 3 aromatic carbocycles. The molecule has 0 amide bonds. The van der Waals surface area contributed by atoms with Crippen molar-refractivity contribution in [3.05, 3.63) is 66.7 Å². The molecule has 0 N–H and O–H groups in total. The van der Waals surface area contributed by atoms with Crippen LogP contribution >= 0.6 is 0 Å². The second-order valence-electron chi connectivity index (χ2n) is 6.93. The highest BCUT2D eigenvalue weighted by Crippen LogP contribution is 2.32. The van der Waals surface area contributed by atoms with E-state index in [0.717, 1.165) is 27.2 Å². The van der Waals surface area contributed by atoms with Crippen LogP contribution in [0.15, 0.2) is 66.7 Å². The quantitative estimate of drug-likeness (QED) is 0.430. The van der Waals surface area contributed by atoms with Crippen LogP contribution in [0, 0.1) is 0 Å². The molecule has 0 saturated heterocycles. The summed E-state index contributed by atoms with van der Waals surface area (Å²) in [6.07, 6.45) is 0. The van der Waals surface area contributed by atoms with Crippen LogP contribution in [0.1, 0.15) is 11.7 Å². The highest BCUT2D eigenvalue weighted by molar-refractivity contribution is 6.10. The molecule has 29 heavy (non-hydrogen) atoms. The van der Waals surface area contributed by atoms with Gasteiger partial charge in [-0.1, -0.05) is 60.7 Å². The summed E-state index contributed by atoms with van der Waals surface area (Å²) >= 11 is 0. The van der Waals surface area contributed by atoms with Crippen molar-refractivity contribution in [2.24, 2.45) is 0 Å². The van der Waals surface area contributed by atoms with Gasteiger partial charge in [0.2, 0.25) is 5.91 Å². The van der Waals surface area contributed by atoms with Crippen molar-refractivity contribution in [3.63, 3.8) is 0 Å². The van der Waals surface area contributed by atoms with Gasteiger partial charge in [-0.15, -0.1) is 20.4 Å². The van der Waals surface area contributed by atoms with E-state index in [-0.39, 0.29) is 5.91 Å². The van der Waals surface area contributed by atoms with E-state index >= 15 is 0 Å². The first-order valence-electron chi connectivity index (χ1n) is 9.24. The van der Waals surface area contributed by atoms with E-state index in [0.29, 0.717) is 22.8 Å². The number of hydrogen-bond acceptors (Lipinski definition) is 5. The maximum atomic E-state index is 12.6. The second-order valence-corrected chi connectivity index (χ2v) is 6.93. The smallest absolute Gasteiger partial charge is 0.274 e. The predicted octanol–water partition coefficient (Wildman–Crippen LogP) is 4.11. The minimum Gasteiger partial charge on any atom is -0.274 e. The molecule has 6 aromatic rings. The molecule has 3 aromatic heterocycles. The van der Waals surface area contributed by atoms with E-state index in [2.05, 4.69) is 38.6 Å². The lowest BCUT2D eigenvalue weighted by molar-refractivity contribution is 0.0945. The highest BCUT2D eigenvalue weighted by atomic mass is 16.1. The Kier molecular flexibility index (Phi) is 3.11. The molecule has 0 aliphatic rings. The lowest BCUT2D eigenvalue weighted by atomic mass is 10.0. The van der Waals surface area contributed by atoms with Crippen molar-refractivity contribution in [2.75, 3.05) is 0 Å². The third kappa shape index (κ3) is 2.09. The molecule has 0 fully saturated rings. The zero-order valence-electron chi connectivity index (χ0n) is 15.4. The van der Waals surface area contributed by atoms with Gasteiger partial charge in [0.05, 0.1) is 5.52 Å². The minimum absolute atomic E-state index is 0.108. The normalized spacial score (nSPS) is 11.8. The number of fused-ring (bicyclic) bond motifs is 6. The van der Waals surface area contributed by atoms with Crippen LogP contribution in [0.3, 0.4) is 0 Å². The Labute approximate surface area is 164 Å². The highest BCUT2D eigenvalue weighted by Gasteiger charge is 2.22. The Morgan fingerprint density at radius 1 is 0.793 bits per heavy atom.